The minimum absolute atomic E-state index is 0.0243. The Morgan fingerprint density at radius 3 is 2.56 bits per heavy atom. The van der Waals surface area contributed by atoms with E-state index in [0.29, 0.717) is 23.5 Å². The van der Waals surface area contributed by atoms with Gasteiger partial charge in [0.15, 0.2) is 23.5 Å². The van der Waals surface area contributed by atoms with E-state index in [2.05, 4.69) is 51.3 Å². The predicted molar refractivity (Wildman–Crippen MR) is 156 cm³/mol. The van der Waals surface area contributed by atoms with Crippen molar-refractivity contribution in [3.8, 4) is 0 Å². The highest BCUT2D eigenvalue weighted by molar-refractivity contribution is 5.89. The molecule has 0 spiro atoms. The molecule has 4 N–H and O–H groups in total. The van der Waals surface area contributed by atoms with Gasteiger partial charge in [-0.25, -0.2) is 19.7 Å². The molecule has 12 nitrogen and oxygen atoms in total. The van der Waals surface area contributed by atoms with Crippen molar-refractivity contribution in [2.45, 2.75) is 89.7 Å². The minimum atomic E-state index is -0.739. The van der Waals surface area contributed by atoms with Crippen LogP contribution in [-0.2, 0) is 19.6 Å². The number of aromatic nitrogens is 4. The van der Waals surface area contributed by atoms with E-state index in [1.165, 1.54) is 11.9 Å². The zero-order chi connectivity index (χ0) is 29.5. The Hall–Kier alpha value is -3.32. The SMILES string of the molecule is C[C@@H](CCN(C)C[C@H]1O[C@@H](n2cnc3c(N)ncnc32)C2OC(C)(C)O[C@@H]21)NC(=O)Nc1ccc(C(C)(C)C)cc1. The van der Waals surface area contributed by atoms with Crippen LogP contribution in [0.15, 0.2) is 36.9 Å². The minimum Gasteiger partial charge on any atom is -0.382 e. The standard InChI is InChI=1S/C29H42N8O4/c1-17(34-27(38)35-19-10-8-18(9-11-19)28(2,3)4)12-13-36(7)14-20-22-23(41-29(5,6)40-22)26(39-20)37-16-33-21-24(30)31-15-32-25(21)37/h8-11,15-17,20,22-23,26H,12-14H2,1-7H3,(H2,30,31,32)(H2,34,35,38)/t17-,20+,22+,23?,26+/m0/s1. The Morgan fingerprint density at radius 2 is 1.85 bits per heavy atom. The number of carbonyl (C=O) groups is 1. The van der Waals surface area contributed by atoms with Crippen molar-refractivity contribution in [3.63, 3.8) is 0 Å². The summed E-state index contributed by atoms with van der Waals surface area (Å²) in [5.74, 6) is -0.421. The second kappa shape index (κ2) is 11.2. The zero-order valence-electron chi connectivity index (χ0n) is 24.9. The van der Waals surface area contributed by atoms with Crippen molar-refractivity contribution in [2.24, 2.45) is 0 Å². The highest BCUT2D eigenvalue weighted by atomic mass is 16.8. The van der Waals surface area contributed by atoms with Crippen molar-refractivity contribution in [1.29, 1.82) is 0 Å². The Balaban J connectivity index is 1.15. The molecule has 0 saturated carbocycles. The lowest BCUT2D eigenvalue weighted by molar-refractivity contribution is -0.197. The van der Waals surface area contributed by atoms with Gasteiger partial charge in [-0.1, -0.05) is 32.9 Å². The molecule has 5 atom stereocenters. The number of urea groups is 1. The van der Waals surface area contributed by atoms with Gasteiger partial charge in [0, 0.05) is 18.3 Å². The van der Waals surface area contributed by atoms with Gasteiger partial charge in [0.05, 0.1) is 6.33 Å². The van der Waals surface area contributed by atoms with Gasteiger partial charge < -0.3 is 35.5 Å². The number of likely N-dealkylation sites (N-methyl/N-ethyl adjacent to an activating group) is 1. The molecule has 2 amide bonds. The number of hydrogen-bond acceptors (Lipinski definition) is 9. The second-order valence-corrected chi connectivity index (χ2v) is 12.6. The highest BCUT2D eigenvalue weighted by Crippen LogP contribution is 2.44. The summed E-state index contributed by atoms with van der Waals surface area (Å²) in [7, 11) is 2.04. The lowest BCUT2D eigenvalue weighted by atomic mass is 9.87. The van der Waals surface area contributed by atoms with E-state index in [9.17, 15) is 4.79 Å². The van der Waals surface area contributed by atoms with Gasteiger partial charge in [-0.05, 0) is 63.9 Å². The van der Waals surface area contributed by atoms with Crippen LogP contribution >= 0.6 is 0 Å². The van der Waals surface area contributed by atoms with Crippen LogP contribution in [0.25, 0.3) is 11.2 Å². The molecule has 3 aromatic rings. The molecule has 2 saturated heterocycles. The van der Waals surface area contributed by atoms with Gasteiger partial charge in [-0.15, -0.1) is 0 Å². The summed E-state index contributed by atoms with van der Waals surface area (Å²) in [6, 6.07) is 7.73. The number of nitrogens with one attached hydrogen (secondary N) is 2. The topological polar surface area (TPSA) is 142 Å². The largest absolute Gasteiger partial charge is 0.382 e. The van der Waals surface area contributed by atoms with Crippen LogP contribution in [0.4, 0.5) is 16.3 Å². The summed E-state index contributed by atoms with van der Waals surface area (Å²) in [5, 5.41) is 5.96. The molecule has 0 aliphatic carbocycles. The summed E-state index contributed by atoms with van der Waals surface area (Å²) in [6.07, 6.45) is 2.54. The van der Waals surface area contributed by atoms with Gasteiger partial charge in [0.2, 0.25) is 0 Å². The van der Waals surface area contributed by atoms with Crippen LogP contribution in [0.5, 0.6) is 0 Å². The molecule has 2 aliphatic rings. The summed E-state index contributed by atoms with van der Waals surface area (Å²) in [5.41, 5.74) is 9.17. The second-order valence-electron chi connectivity index (χ2n) is 12.6. The van der Waals surface area contributed by atoms with E-state index >= 15 is 0 Å². The average Bonchev–Trinajstić information content (AvgIpc) is 3.54. The third-order valence-electron chi connectivity index (χ3n) is 7.61. The third kappa shape index (κ3) is 6.45. The molecule has 5 rings (SSSR count). The molecule has 2 aromatic heterocycles. The smallest absolute Gasteiger partial charge is 0.319 e. The molecule has 0 bridgehead atoms. The number of nitrogen functional groups attached to an aromatic ring is 1. The molecule has 2 aliphatic heterocycles. The maximum absolute atomic E-state index is 12.6. The Kier molecular flexibility index (Phi) is 7.94. The number of nitrogens with two attached hydrogens (primary N) is 1. The van der Waals surface area contributed by atoms with Gasteiger partial charge in [0.25, 0.3) is 0 Å². The summed E-state index contributed by atoms with van der Waals surface area (Å²) < 4.78 is 20.9. The first-order valence-corrected chi connectivity index (χ1v) is 14.1. The fourth-order valence-electron chi connectivity index (χ4n) is 5.42. The van der Waals surface area contributed by atoms with Crippen molar-refractivity contribution >= 4 is 28.7 Å². The molecule has 222 valence electrons. The fraction of sp³-hybridized carbons (Fsp3) is 0.586. The molecule has 0 radical (unpaired) electrons. The average molecular weight is 567 g/mol. The van der Waals surface area contributed by atoms with Crippen LogP contribution < -0.4 is 16.4 Å². The lowest BCUT2D eigenvalue weighted by Gasteiger charge is -2.27. The highest BCUT2D eigenvalue weighted by Gasteiger charge is 2.56. The molecule has 1 aromatic carbocycles. The number of benzene rings is 1. The van der Waals surface area contributed by atoms with E-state index in [-0.39, 0.29) is 35.8 Å². The number of carbonyl (C=O) groups excluding carboxylic acids is 1. The number of fused-ring (bicyclic) bond motifs is 2. The number of anilines is 2. The molecule has 4 heterocycles. The summed E-state index contributed by atoms with van der Waals surface area (Å²) >= 11 is 0. The summed E-state index contributed by atoms with van der Waals surface area (Å²) in [4.78, 5) is 27.6. The third-order valence-corrected chi connectivity index (χ3v) is 7.61. The molecule has 12 heteroatoms. The molecule has 2 fully saturated rings. The predicted octanol–water partition coefficient (Wildman–Crippen LogP) is 3.66. The molecular formula is C29H42N8O4. The molecule has 1 unspecified atom stereocenters. The Labute approximate surface area is 241 Å². The monoisotopic (exact) mass is 566 g/mol. The Morgan fingerprint density at radius 1 is 1.15 bits per heavy atom. The summed E-state index contributed by atoms with van der Waals surface area (Å²) in [6.45, 7) is 13.7. The first-order valence-electron chi connectivity index (χ1n) is 14.1. The van der Waals surface area contributed by atoms with Crippen LogP contribution in [0.1, 0.15) is 59.8 Å². The van der Waals surface area contributed by atoms with Gasteiger partial charge in [0.1, 0.15) is 30.2 Å². The van der Waals surface area contributed by atoms with Crippen molar-refractivity contribution in [3.05, 3.63) is 42.5 Å². The van der Waals surface area contributed by atoms with E-state index in [4.69, 9.17) is 19.9 Å². The molecule has 41 heavy (non-hydrogen) atoms. The Bertz CT molecular complexity index is 1370. The number of imidazole rings is 1. The van der Waals surface area contributed by atoms with Crippen LogP contribution in [0.2, 0.25) is 0 Å². The first kappa shape index (κ1) is 29.2. The first-order chi connectivity index (χ1) is 19.3. The molecular weight excluding hydrogens is 524 g/mol. The number of nitrogens with zero attached hydrogens (tertiary/aromatic N) is 5. The van der Waals surface area contributed by atoms with Crippen molar-refractivity contribution < 1.29 is 19.0 Å². The van der Waals surface area contributed by atoms with E-state index < -0.39 is 12.0 Å². The van der Waals surface area contributed by atoms with Gasteiger partial charge in [-0.3, -0.25) is 4.57 Å². The maximum atomic E-state index is 12.6. The van der Waals surface area contributed by atoms with E-state index in [1.807, 2.05) is 56.7 Å². The lowest BCUT2D eigenvalue weighted by Crippen LogP contribution is -2.41. The van der Waals surface area contributed by atoms with Crippen LogP contribution in [0.3, 0.4) is 0 Å². The number of ether oxygens (including phenoxy) is 3. The van der Waals surface area contributed by atoms with Gasteiger partial charge in [-0.2, -0.15) is 0 Å². The zero-order valence-corrected chi connectivity index (χ0v) is 24.9. The normalized spacial score (nSPS) is 24.5. The fourth-order valence-corrected chi connectivity index (χ4v) is 5.42. The van der Waals surface area contributed by atoms with E-state index in [0.717, 1.165) is 18.7 Å². The van der Waals surface area contributed by atoms with Gasteiger partial charge >= 0.3 is 6.03 Å². The number of hydrogen-bond donors (Lipinski definition) is 3. The maximum Gasteiger partial charge on any atom is 0.319 e. The number of rotatable bonds is 8. The van der Waals surface area contributed by atoms with Crippen molar-refractivity contribution in [1.82, 2.24) is 29.7 Å². The van der Waals surface area contributed by atoms with Crippen LogP contribution in [0, 0.1) is 0 Å². The van der Waals surface area contributed by atoms with E-state index in [1.54, 1.807) is 6.33 Å². The van der Waals surface area contributed by atoms with Crippen molar-refractivity contribution in [2.75, 3.05) is 31.2 Å². The number of amides is 2. The quantitative estimate of drug-likeness (QED) is 0.372. The van der Waals surface area contributed by atoms with Crippen LogP contribution in [-0.4, -0.2) is 80.7 Å².